The fraction of sp³-hybridized carbons (Fsp3) is 0.400. The average molecular weight is 309 g/mol. The highest BCUT2D eigenvalue weighted by Gasteiger charge is 2.26. The van der Waals surface area contributed by atoms with E-state index < -0.39 is 24.5 Å². The van der Waals surface area contributed by atoms with Crippen LogP contribution in [0.2, 0.25) is 0 Å². The van der Waals surface area contributed by atoms with Crippen molar-refractivity contribution >= 4 is 29.9 Å². The van der Waals surface area contributed by atoms with E-state index in [0.717, 1.165) is 0 Å². The minimum absolute atomic E-state index is 0.0943. The van der Waals surface area contributed by atoms with Crippen molar-refractivity contribution in [2.45, 2.75) is 23.1 Å². The van der Waals surface area contributed by atoms with Crippen molar-refractivity contribution < 1.29 is 22.1 Å². The molecule has 5 nitrogen and oxygen atoms in total. The first-order valence-corrected chi connectivity index (χ1v) is 9.14. The van der Waals surface area contributed by atoms with Crippen molar-refractivity contribution in [2.24, 2.45) is 0 Å². The first kappa shape index (κ1) is 15.6. The van der Waals surface area contributed by atoms with Gasteiger partial charge in [-0.1, -0.05) is 19.1 Å². The highest BCUT2D eigenvalue weighted by molar-refractivity contribution is 7.99. The number of rotatable bonds is 6. The van der Waals surface area contributed by atoms with Crippen LogP contribution in [0, 0.1) is 0 Å². The fourth-order valence-corrected chi connectivity index (χ4v) is 4.43. The summed E-state index contributed by atoms with van der Waals surface area (Å²) in [6.45, 7) is 1.84. The third kappa shape index (κ3) is 3.76. The van der Waals surface area contributed by atoms with Crippen molar-refractivity contribution in [2.75, 3.05) is 12.6 Å². The van der Waals surface area contributed by atoms with Gasteiger partial charge in [0.2, 0.25) is 0 Å². The molecule has 0 radical (unpaired) electrons. The molecule has 1 unspecified atom stereocenters. The van der Waals surface area contributed by atoms with E-state index in [-0.39, 0.29) is 4.90 Å². The maximum absolute atomic E-state index is 12.0. The Bertz CT molecular complexity index is 519. The minimum Gasteiger partial charge on any atom is -0.213 e. The summed E-state index contributed by atoms with van der Waals surface area (Å²) in [4.78, 5) is 9.30. The van der Waals surface area contributed by atoms with Gasteiger partial charge in [-0.2, -0.15) is 13.3 Å². The van der Waals surface area contributed by atoms with E-state index >= 15 is 0 Å². The molecule has 0 heterocycles. The van der Waals surface area contributed by atoms with Crippen LogP contribution in [-0.2, 0) is 25.3 Å². The lowest BCUT2D eigenvalue weighted by atomic mass is 10.2. The summed E-state index contributed by atoms with van der Waals surface area (Å²) >= 11 is 1.29. The molecule has 0 aliphatic carbocycles. The Hall–Kier alpha value is -0.460. The summed E-state index contributed by atoms with van der Waals surface area (Å²) in [6, 6.07) is 5.16. The molecule has 1 rings (SSSR count). The van der Waals surface area contributed by atoms with E-state index in [1.54, 1.807) is 24.5 Å². The van der Waals surface area contributed by atoms with Crippen LogP contribution in [0.1, 0.15) is 12.5 Å². The molecule has 0 aliphatic rings. The van der Waals surface area contributed by atoms with Crippen LogP contribution in [0.3, 0.4) is 0 Å². The van der Waals surface area contributed by atoms with Gasteiger partial charge in [-0.15, -0.1) is 11.8 Å². The van der Waals surface area contributed by atoms with Crippen molar-refractivity contribution in [3.8, 4) is 0 Å². The predicted molar refractivity (Wildman–Crippen MR) is 70.6 cm³/mol. The molecular formula is C10H14O5PS2+. The highest BCUT2D eigenvalue weighted by atomic mass is 32.2. The predicted octanol–water partition coefficient (Wildman–Crippen LogP) is 2.37. The summed E-state index contributed by atoms with van der Waals surface area (Å²) in [5.74, 6) is 0. The molecule has 0 saturated heterocycles. The molecule has 0 aromatic heterocycles. The van der Waals surface area contributed by atoms with Crippen LogP contribution >= 0.6 is 19.8 Å². The van der Waals surface area contributed by atoms with E-state index in [1.165, 1.54) is 11.8 Å². The van der Waals surface area contributed by atoms with Crippen molar-refractivity contribution in [3.05, 3.63) is 23.8 Å². The van der Waals surface area contributed by atoms with Gasteiger partial charge in [-0.05, 0) is 28.9 Å². The van der Waals surface area contributed by atoms with Crippen molar-refractivity contribution in [3.63, 3.8) is 0 Å². The second kappa shape index (κ2) is 6.63. The average Bonchev–Trinajstić information content (AvgIpc) is 2.35. The van der Waals surface area contributed by atoms with E-state index in [1.807, 2.05) is 6.92 Å². The van der Waals surface area contributed by atoms with E-state index in [9.17, 15) is 13.0 Å². The maximum atomic E-state index is 12.0. The third-order valence-electron chi connectivity index (χ3n) is 2.23. The van der Waals surface area contributed by atoms with Crippen LogP contribution < -0.4 is 0 Å². The SMILES string of the molecule is CCc1cccc(SC)c1S(=O)(=O)OC[P+](=O)O. The Balaban J connectivity index is 3.25. The summed E-state index contributed by atoms with van der Waals surface area (Å²) in [6.07, 6.45) is 1.58. The van der Waals surface area contributed by atoms with Gasteiger partial charge in [0.25, 0.3) is 6.35 Å². The Morgan fingerprint density at radius 1 is 1.44 bits per heavy atom. The highest BCUT2D eigenvalue weighted by Crippen LogP contribution is 2.31. The normalized spacial score (nSPS) is 12.5. The van der Waals surface area contributed by atoms with Crippen molar-refractivity contribution in [1.29, 1.82) is 0 Å². The molecule has 1 atom stereocenters. The molecule has 0 saturated carbocycles. The molecule has 1 aromatic carbocycles. The van der Waals surface area contributed by atoms with Gasteiger partial charge in [0.1, 0.15) is 4.90 Å². The molecule has 1 aromatic rings. The number of thioether (sulfide) groups is 1. The summed E-state index contributed by atoms with van der Waals surface area (Å²) in [7, 11) is -6.65. The lowest BCUT2D eigenvalue weighted by Crippen LogP contribution is -2.10. The molecule has 100 valence electrons. The summed E-state index contributed by atoms with van der Waals surface area (Å²) in [5, 5.41) is 0. The van der Waals surface area contributed by atoms with Crippen LogP contribution in [0.25, 0.3) is 0 Å². The Labute approximate surface area is 112 Å². The first-order chi connectivity index (χ1) is 8.42. The Morgan fingerprint density at radius 3 is 2.61 bits per heavy atom. The fourth-order valence-electron chi connectivity index (χ4n) is 1.46. The maximum Gasteiger partial charge on any atom is 0.535 e. The standard InChI is InChI=1S/C10H13O5PS2/c1-3-8-5-4-6-9(17-2)10(8)18(13,14)15-7-16(11)12/h4-6H,3,7H2,1-2H3/p+1. The zero-order chi connectivity index (χ0) is 13.8. The molecule has 0 bridgehead atoms. The van der Waals surface area contributed by atoms with Crippen LogP contribution in [0.5, 0.6) is 0 Å². The monoisotopic (exact) mass is 309 g/mol. The zero-order valence-electron chi connectivity index (χ0n) is 9.99. The molecule has 0 spiro atoms. The lowest BCUT2D eigenvalue weighted by Gasteiger charge is -2.11. The molecular weight excluding hydrogens is 295 g/mol. The van der Waals surface area contributed by atoms with Gasteiger partial charge in [0.15, 0.2) is 0 Å². The number of aryl methyl sites for hydroxylation is 1. The van der Waals surface area contributed by atoms with Gasteiger partial charge in [-0.3, -0.25) is 0 Å². The summed E-state index contributed by atoms with van der Waals surface area (Å²) < 4.78 is 39.2. The largest absolute Gasteiger partial charge is 0.535 e. The molecule has 0 fully saturated rings. The second-order valence-corrected chi connectivity index (χ2v) is 6.72. The molecule has 1 N–H and O–H groups in total. The zero-order valence-corrected chi connectivity index (χ0v) is 12.5. The minimum atomic E-state index is -4.01. The van der Waals surface area contributed by atoms with Gasteiger partial charge in [0.05, 0.1) is 0 Å². The third-order valence-corrected chi connectivity index (χ3v) is 5.07. The smallest absolute Gasteiger partial charge is 0.213 e. The molecule has 0 aliphatic heterocycles. The van der Waals surface area contributed by atoms with Crippen LogP contribution in [0.15, 0.2) is 28.0 Å². The van der Waals surface area contributed by atoms with Crippen LogP contribution in [-0.4, -0.2) is 25.9 Å². The summed E-state index contributed by atoms with van der Waals surface area (Å²) in [5.41, 5.74) is 0.634. The number of hydrogen-bond donors (Lipinski definition) is 1. The Kier molecular flexibility index (Phi) is 5.75. The lowest BCUT2D eigenvalue weighted by molar-refractivity contribution is 0.354. The second-order valence-electron chi connectivity index (χ2n) is 3.36. The van der Waals surface area contributed by atoms with E-state index in [0.29, 0.717) is 16.9 Å². The van der Waals surface area contributed by atoms with Crippen molar-refractivity contribution in [1.82, 2.24) is 0 Å². The topological polar surface area (TPSA) is 80.7 Å². The van der Waals surface area contributed by atoms with E-state index in [2.05, 4.69) is 4.18 Å². The van der Waals surface area contributed by atoms with Gasteiger partial charge < -0.3 is 0 Å². The molecule has 0 amide bonds. The van der Waals surface area contributed by atoms with Gasteiger partial charge in [-0.25, -0.2) is 4.18 Å². The Morgan fingerprint density at radius 2 is 2.11 bits per heavy atom. The quantitative estimate of drug-likeness (QED) is 0.493. The van der Waals surface area contributed by atoms with Crippen LogP contribution in [0.4, 0.5) is 0 Å². The van der Waals surface area contributed by atoms with Gasteiger partial charge in [0, 0.05) is 4.90 Å². The van der Waals surface area contributed by atoms with Gasteiger partial charge >= 0.3 is 18.1 Å². The number of benzene rings is 1. The molecule has 8 heteroatoms. The first-order valence-electron chi connectivity index (χ1n) is 5.11. The molecule has 18 heavy (non-hydrogen) atoms. The number of hydrogen-bond acceptors (Lipinski definition) is 5. The van der Waals surface area contributed by atoms with E-state index in [4.69, 9.17) is 4.89 Å².